The Morgan fingerprint density at radius 1 is 1.00 bits per heavy atom. The largest absolute Gasteiger partial charge is 0.486 e. The van der Waals surface area contributed by atoms with Crippen LogP contribution in [0.3, 0.4) is 0 Å². The number of hydrogen-bond donors (Lipinski definition) is 0. The number of ether oxygens (including phenoxy) is 1. The van der Waals surface area contributed by atoms with Crippen LogP contribution in [-0.4, -0.2) is 12.4 Å². The molecule has 2 aromatic carbocycles. The molecule has 3 heteroatoms. The topological polar surface area (TPSA) is 50.1 Å². The van der Waals surface area contributed by atoms with Gasteiger partial charge in [0.05, 0.1) is 11.6 Å². The molecule has 0 aliphatic carbocycles. The normalized spacial score (nSPS) is 11.8. The van der Waals surface area contributed by atoms with Crippen LogP contribution in [0, 0.1) is 23.7 Å². The minimum Gasteiger partial charge on any atom is -0.486 e. The molecule has 0 N–H and O–H groups in total. The van der Waals surface area contributed by atoms with Gasteiger partial charge >= 0.3 is 0 Å². The van der Waals surface area contributed by atoms with Gasteiger partial charge in [-0.15, -0.1) is 0 Å². The molecule has 2 rings (SSSR count). The van der Waals surface area contributed by atoms with Crippen molar-refractivity contribution in [2.24, 2.45) is 5.41 Å². The maximum absolute atomic E-state index is 12.2. The second kappa shape index (κ2) is 8.61. The van der Waals surface area contributed by atoms with E-state index >= 15 is 0 Å². The molecule has 0 aliphatic rings. The molecule has 0 saturated heterocycles. The highest BCUT2D eigenvalue weighted by Crippen LogP contribution is 2.40. The highest BCUT2D eigenvalue weighted by Gasteiger charge is 2.31. The molecule has 0 amide bonds. The van der Waals surface area contributed by atoms with Crippen molar-refractivity contribution < 1.29 is 9.53 Å². The van der Waals surface area contributed by atoms with Crippen molar-refractivity contribution in [3.63, 3.8) is 0 Å². The monoisotopic (exact) mass is 377 g/mol. The minimum atomic E-state index is -0.400. The molecule has 3 nitrogen and oxygen atoms in total. The van der Waals surface area contributed by atoms with Crippen LogP contribution in [0.5, 0.6) is 5.75 Å². The molecular weight excluding hydrogens is 346 g/mol. The van der Waals surface area contributed by atoms with Crippen molar-refractivity contribution in [2.45, 2.75) is 59.8 Å². The van der Waals surface area contributed by atoms with Crippen LogP contribution in [0.1, 0.15) is 69.7 Å². The Morgan fingerprint density at radius 3 is 2.04 bits per heavy atom. The summed E-state index contributed by atoms with van der Waals surface area (Å²) in [5.74, 6) is 0.840. The summed E-state index contributed by atoms with van der Waals surface area (Å²) in [5, 5.41) is 9.08. The number of aryl methyl sites for hydroxylation is 1. The summed E-state index contributed by atoms with van der Waals surface area (Å²) in [7, 11) is 0. The third-order valence-electron chi connectivity index (χ3n) is 5.70. The summed E-state index contributed by atoms with van der Waals surface area (Å²) in [6.45, 7) is 12.2. The van der Waals surface area contributed by atoms with Gasteiger partial charge in [-0.1, -0.05) is 58.9 Å². The van der Waals surface area contributed by atoms with Crippen molar-refractivity contribution in [1.82, 2.24) is 0 Å². The molecule has 0 aromatic heterocycles. The number of hydrogen-bond acceptors (Lipinski definition) is 3. The van der Waals surface area contributed by atoms with E-state index in [-0.39, 0.29) is 17.8 Å². The summed E-state index contributed by atoms with van der Waals surface area (Å²) in [5.41, 5.74) is 3.63. The molecule has 0 fully saturated rings. The van der Waals surface area contributed by atoms with E-state index in [1.807, 2.05) is 45.9 Å². The summed E-state index contributed by atoms with van der Waals surface area (Å²) >= 11 is 0. The number of Topliss-reactive ketones (excluding diaryl/α,β-unsaturated/α-hetero) is 1. The lowest BCUT2D eigenvalue weighted by molar-refractivity contribution is -0.128. The smallest absolute Gasteiger partial charge is 0.175 e. The molecule has 28 heavy (non-hydrogen) atoms. The number of nitriles is 1. The molecular formula is C25H31NO2. The lowest BCUT2D eigenvalue weighted by Gasteiger charge is -2.34. The van der Waals surface area contributed by atoms with Crippen LogP contribution in [0.4, 0.5) is 0 Å². The maximum Gasteiger partial charge on any atom is 0.175 e. The molecule has 0 heterocycles. The van der Waals surface area contributed by atoms with Gasteiger partial charge in [0, 0.05) is 10.8 Å². The highest BCUT2D eigenvalue weighted by molar-refractivity contribution is 5.85. The average molecular weight is 378 g/mol. The first-order valence-electron chi connectivity index (χ1n) is 9.95. The van der Waals surface area contributed by atoms with Gasteiger partial charge in [-0.25, -0.2) is 0 Å². The Labute approximate surface area is 169 Å². The Hall–Kier alpha value is -2.60. The van der Waals surface area contributed by atoms with E-state index < -0.39 is 5.41 Å². The Morgan fingerprint density at radius 2 is 1.57 bits per heavy atom. The van der Waals surface area contributed by atoms with Crippen LogP contribution in [-0.2, 0) is 10.2 Å². The standard InChI is InChI=1S/C25H31NO2/c1-7-25(8-2,20-11-9-19(16-26)10-12-20)21-13-14-22(18(3)15-21)28-17-23(27)24(4,5)6/h9-15H,7-8,17H2,1-6H3. The van der Waals surface area contributed by atoms with Crippen molar-refractivity contribution >= 4 is 5.78 Å². The third kappa shape index (κ3) is 4.44. The van der Waals surface area contributed by atoms with Crippen LogP contribution in [0.25, 0.3) is 0 Å². The van der Waals surface area contributed by atoms with Crippen LogP contribution in [0.2, 0.25) is 0 Å². The number of nitrogens with zero attached hydrogens (tertiary/aromatic N) is 1. The zero-order chi connectivity index (χ0) is 20.9. The molecule has 0 unspecified atom stereocenters. The summed E-state index contributed by atoms with van der Waals surface area (Å²) in [6, 6.07) is 16.3. The van der Waals surface area contributed by atoms with Gasteiger partial charge in [0.1, 0.15) is 12.4 Å². The minimum absolute atomic E-state index is 0.0880. The fourth-order valence-electron chi connectivity index (χ4n) is 3.57. The average Bonchev–Trinajstić information content (AvgIpc) is 2.68. The second-order valence-electron chi connectivity index (χ2n) is 8.42. The van der Waals surface area contributed by atoms with Crippen molar-refractivity contribution in [1.29, 1.82) is 5.26 Å². The first-order chi connectivity index (χ1) is 13.2. The molecule has 0 bridgehead atoms. The van der Waals surface area contributed by atoms with Crippen molar-refractivity contribution in [2.75, 3.05) is 6.61 Å². The second-order valence-corrected chi connectivity index (χ2v) is 8.42. The van der Waals surface area contributed by atoms with Gasteiger partial charge < -0.3 is 4.74 Å². The van der Waals surface area contributed by atoms with E-state index in [1.54, 1.807) is 0 Å². The Kier molecular flexibility index (Phi) is 6.67. The SMILES string of the molecule is CCC(CC)(c1ccc(C#N)cc1)c1ccc(OCC(=O)C(C)(C)C)c(C)c1. The lowest BCUT2D eigenvalue weighted by atomic mass is 9.70. The first-order valence-corrected chi connectivity index (χ1v) is 9.95. The number of carbonyl (C=O) groups excluding carboxylic acids is 1. The van der Waals surface area contributed by atoms with Gasteiger partial charge in [0.2, 0.25) is 0 Å². The van der Waals surface area contributed by atoms with E-state index in [0.717, 1.165) is 24.2 Å². The van der Waals surface area contributed by atoms with E-state index in [9.17, 15) is 4.79 Å². The number of benzene rings is 2. The predicted molar refractivity (Wildman–Crippen MR) is 114 cm³/mol. The molecule has 0 radical (unpaired) electrons. The summed E-state index contributed by atoms with van der Waals surface area (Å²) in [4.78, 5) is 12.2. The van der Waals surface area contributed by atoms with E-state index in [4.69, 9.17) is 10.00 Å². The molecule has 0 saturated carbocycles. The van der Waals surface area contributed by atoms with Gasteiger partial charge in [-0.05, 0) is 54.7 Å². The lowest BCUT2D eigenvalue weighted by Crippen LogP contribution is -2.27. The van der Waals surface area contributed by atoms with Crippen LogP contribution in [0.15, 0.2) is 42.5 Å². The number of rotatable bonds is 7. The fourth-order valence-corrected chi connectivity index (χ4v) is 3.57. The highest BCUT2D eigenvalue weighted by atomic mass is 16.5. The maximum atomic E-state index is 12.2. The first kappa shape index (κ1) is 21.7. The predicted octanol–water partition coefficient (Wildman–Crippen LogP) is 5.97. The summed E-state index contributed by atoms with van der Waals surface area (Å²) < 4.78 is 5.81. The third-order valence-corrected chi connectivity index (χ3v) is 5.70. The van der Waals surface area contributed by atoms with Gasteiger partial charge in [0.25, 0.3) is 0 Å². The molecule has 0 spiro atoms. The van der Waals surface area contributed by atoms with Crippen molar-refractivity contribution in [3.8, 4) is 11.8 Å². The van der Waals surface area contributed by atoms with E-state index in [1.165, 1.54) is 11.1 Å². The van der Waals surface area contributed by atoms with Crippen molar-refractivity contribution in [3.05, 3.63) is 64.7 Å². The number of carbonyl (C=O) groups is 1. The number of ketones is 1. The van der Waals surface area contributed by atoms with E-state index in [2.05, 4.69) is 44.2 Å². The molecule has 2 aromatic rings. The zero-order valence-corrected chi connectivity index (χ0v) is 17.9. The summed E-state index contributed by atoms with van der Waals surface area (Å²) in [6.07, 6.45) is 1.91. The van der Waals surface area contributed by atoms with E-state index in [0.29, 0.717) is 5.56 Å². The Bertz CT molecular complexity index is 863. The van der Waals surface area contributed by atoms with Crippen LogP contribution < -0.4 is 4.74 Å². The fraction of sp³-hybridized carbons (Fsp3) is 0.440. The molecule has 0 aliphatic heterocycles. The molecule has 0 atom stereocenters. The van der Waals surface area contributed by atoms with Crippen LogP contribution >= 0.6 is 0 Å². The molecule has 148 valence electrons. The van der Waals surface area contributed by atoms with Gasteiger partial charge in [0.15, 0.2) is 5.78 Å². The quantitative estimate of drug-likeness (QED) is 0.597. The van der Waals surface area contributed by atoms with Gasteiger partial charge in [-0.3, -0.25) is 4.79 Å². The zero-order valence-electron chi connectivity index (χ0n) is 17.9. The Balaban J connectivity index is 2.34. The van der Waals surface area contributed by atoms with Gasteiger partial charge in [-0.2, -0.15) is 5.26 Å².